The predicted molar refractivity (Wildman–Crippen MR) is 78.7 cm³/mol. The highest BCUT2D eigenvalue weighted by Gasteiger charge is 2.54. The molecule has 1 aliphatic heterocycles. The van der Waals surface area contributed by atoms with Crippen molar-refractivity contribution in [1.29, 1.82) is 0 Å². The van der Waals surface area contributed by atoms with Crippen molar-refractivity contribution >= 4 is 5.91 Å². The van der Waals surface area contributed by atoms with E-state index in [1.165, 1.54) is 12.1 Å². The molecule has 23 heavy (non-hydrogen) atoms. The predicted octanol–water partition coefficient (Wildman–Crippen LogP) is 2.22. The van der Waals surface area contributed by atoms with Crippen LogP contribution in [0.4, 0.5) is 4.39 Å². The van der Waals surface area contributed by atoms with Crippen molar-refractivity contribution in [3.8, 4) is 11.5 Å². The minimum atomic E-state index is -0.720. The van der Waals surface area contributed by atoms with Gasteiger partial charge in [0.25, 0.3) is 0 Å². The summed E-state index contributed by atoms with van der Waals surface area (Å²) in [4.78, 5) is 21.0. The van der Waals surface area contributed by atoms with Gasteiger partial charge in [-0.25, -0.2) is 9.37 Å². The zero-order chi connectivity index (χ0) is 15.9. The van der Waals surface area contributed by atoms with Crippen LogP contribution in [-0.4, -0.2) is 27.6 Å². The number of pyridine rings is 1. The van der Waals surface area contributed by atoms with E-state index >= 15 is 0 Å². The lowest BCUT2D eigenvalue weighted by molar-refractivity contribution is -0.126. The van der Waals surface area contributed by atoms with Gasteiger partial charge in [0.1, 0.15) is 16.9 Å². The van der Waals surface area contributed by atoms with Gasteiger partial charge in [-0.15, -0.1) is 0 Å². The minimum Gasteiger partial charge on any atom is -0.355 e. The molecule has 1 aliphatic carbocycles. The fourth-order valence-corrected chi connectivity index (χ4v) is 3.85. The maximum atomic E-state index is 13.0. The van der Waals surface area contributed by atoms with Crippen LogP contribution in [0.1, 0.15) is 38.0 Å². The van der Waals surface area contributed by atoms with E-state index in [0.717, 1.165) is 31.9 Å². The summed E-state index contributed by atoms with van der Waals surface area (Å²) in [6.45, 7) is 0.627. The Hall–Kier alpha value is -2.31. The van der Waals surface area contributed by atoms with Crippen molar-refractivity contribution < 1.29 is 13.7 Å². The van der Waals surface area contributed by atoms with Crippen molar-refractivity contribution in [3.63, 3.8) is 0 Å². The van der Waals surface area contributed by atoms with Gasteiger partial charge in [0.05, 0.1) is 6.20 Å². The van der Waals surface area contributed by atoms with Gasteiger partial charge in [0.2, 0.25) is 17.6 Å². The smallest absolute Gasteiger partial charge is 0.243 e. The Morgan fingerprint density at radius 3 is 2.78 bits per heavy atom. The quantitative estimate of drug-likeness (QED) is 0.939. The van der Waals surface area contributed by atoms with Crippen LogP contribution < -0.4 is 5.32 Å². The second-order valence-electron chi connectivity index (χ2n) is 6.24. The second kappa shape index (κ2) is 5.40. The average Bonchev–Trinajstić information content (AvgIpc) is 3.28. The lowest BCUT2D eigenvalue weighted by Gasteiger charge is -2.28. The second-order valence-corrected chi connectivity index (χ2v) is 6.24. The highest BCUT2D eigenvalue weighted by molar-refractivity contribution is 5.89. The molecule has 120 valence electrons. The number of rotatable bonds is 3. The number of carbonyl (C=O) groups is 1. The summed E-state index contributed by atoms with van der Waals surface area (Å²) in [6.07, 6.45) is 6.04. The Balaban J connectivity index is 1.73. The van der Waals surface area contributed by atoms with Gasteiger partial charge < -0.3 is 9.84 Å². The van der Waals surface area contributed by atoms with Gasteiger partial charge in [-0.3, -0.25) is 4.79 Å². The maximum Gasteiger partial charge on any atom is 0.243 e. The van der Waals surface area contributed by atoms with E-state index in [4.69, 9.17) is 4.52 Å². The summed E-state index contributed by atoms with van der Waals surface area (Å²) in [5, 5.41) is 6.87. The lowest BCUT2D eigenvalue weighted by atomic mass is 9.73. The molecule has 2 aromatic rings. The molecule has 1 atom stereocenters. The summed E-state index contributed by atoms with van der Waals surface area (Å²) in [7, 11) is 0. The van der Waals surface area contributed by atoms with Crippen LogP contribution in [0.3, 0.4) is 0 Å². The highest BCUT2D eigenvalue weighted by Crippen LogP contribution is 2.46. The molecule has 0 bridgehead atoms. The van der Waals surface area contributed by atoms with Crippen molar-refractivity contribution in [2.45, 2.75) is 37.5 Å². The fraction of sp³-hybridized carbons (Fsp3) is 0.500. The Morgan fingerprint density at radius 2 is 2.13 bits per heavy atom. The minimum absolute atomic E-state index is 0.0216. The molecule has 7 heteroatoms. The monoisotopic (exact) mass is 316 g/mol. The number of hydrogen-bond donors (Lipinski definition) is 1. The summed E-state index contributed by atoms with van der Waals surface area (Å²) < 4.78 is 18.5. The first-order chi connectivity index (χ1) is 11.2. The van der Waals surface area contributed by atoms with Crippen LogP contribution in [0, 0.1) is 11.7 Å². The molecule has 4 rings (SSSR count). The third-order valence-electron chi connectivity index (χ3n) is 5.03. The Labute approximate surface area is 132 Å². The van der Waals surface area contributed by atoms with Crippen molar-refractivity contribution in [3.05, 3.63) is 30.0 Å². The van der Waals surface area contributed by atoms with Gasteiger partial charge in [0.15, 0.2) is 0 Å². The maximum absolute atomic E-state index is 13.0. The number of aromatic nitrogens is 3. The molecule has 2 aromatic heterocycles. The summed E-state index contributed by atoms with van der Waals surface area (Å²) >= 11 is 0. The Bertz CT molecular complexity index is 724. The van der Waals surface area contributed by atoms with E-state index < -0.39 is 11.2 Å². The van der Waals surface area contributed by atoms with E-state index in [0.29, 0.717) is 24.6 Å². The van der Waals surface area contributed by atoms with E-state index in [1.54, 1.807) is 0 Å². The molecule has 0 aromatic carbocycles. The molecule has 1 amide bonds. The molecular formula is C16H17FN4O2. The molecule has 1 saturated carbocycles. The summed E-state index contributed by atoms with van der Waals surface area (Å²) in [6, 6.07) is 2.80. The molecular weight excluding hydrogens is 299 g/mol. The molecule has 2 fully saturated rings. The molecule has 2 aliphatic rings. The van der Waals surface area contributed by atoms with Crippen LogP contribution in [0.15, 0.2) is 22.9 Å². The van der Waals surface area contributed by atoms with E-state index in [9.17, 15) is 9.18 Å². The number of carbonyl (C=O) groups excluding carboxylic acids is 1. The molecule has 1 N–H and O–H groups in total. The zero-order valence-corrected chi connectivity index (χ0v) is 12.6. The standard InChI is InChI=1S/C16H17FN4O2/c17-11-5-6-12(19-9-11)13-20-15(23-21-13)16(7-8-18-14(16)22)10-3-1-2-4-10/h5-6,9-10H,1-4,7-8H2,(H,18,22). The van der Waals surface area contributed by atoms with Gasteiger partial charge >= 0.3 is 0 Å². The first-order valence-corrected chi connectivity index (χ1v) is 7.94. The van der Waals surface area contributed by atoms with Gasteiger partial charge in [-0.1, -0.05) is 18.0 Å². The number of nitrogens with zero attached hydrogens (tertiary/aromatic N) is 3. The molecule has 1 saturated heterocycles. The summed E-state index contributed by atoms with van der Waals surface area (Å²) in [5.74, 6) is 0.443. The molecule has 6 nitrogen and oxygen atoms in total. The van der Waals surface area contributed by atoms with Crippen molar-refractivity contribution in [2.24, 2.45) is 5.92 Å². The average molecular weight is 316 g/mol. The van der Waals surface area contributed by atoms with Gasteiger partial charge in [-0.2, -0.15) is 4.98 Å². The first kappa shape index (κ1) is 14.3. The van der Waals surface area contributed by atoms with Crippen LogP contribution >= 0.6 is 0 Å². The Kier molecular flexibility index (Phi) is 3.36. The van der Waals surface area contributed by atoms with E-state index in [1.807, 2.05) is 0 Å². The topological polar surface area (TPSA) is 80.9 Å². The normalized spacial score (nSPS) is 25.0. The van der Waals surface area contributed by atoms with Crippen LogP contribution in [-0.2, 0) is 10.2 Å². The number of amides is 1. The number of nitrogens with one attached hydrogen (secondary N) is 1. The molecule has 1 unspecified atom stereocenters. The Morgan fingerprint density at radius 1 is 1.30 bits per heavy atom. The fourth-order valence-electron chi connectivity index (χ4n) is 3.85. The van der Waals surface area contributed by atoms with Crippen LogP contribution in [0.2, 0.25) is 0 Å². The SMILES string of the molecule is O=C1NCCC1(c1nc(-c2ccc(F)cn2)no1)C1CCCC1. The van der Waals surface area contributed by atoms with Crippen LogP contribution in [0.5, 0.6) is 0 Å². The summed E-state index contributed by atoms with van der Waals surface area (Å²) in [5.41, 5.74) is -0.289. The number of hydrogen-bond acceptors (Lipinski definition) is 5. The van der Waals surface area contributed by atoms with Crippen molar-refractivity contribution in [1.82, 2.24) is 20.4 Å². The zero-order valence-electron chi connectivity index (χ0n) is 12.6. The third-order valence-corrected chi connectivity index (χ3v) is 5.03. The molecule has 3 heterocycles. The van der Waals surface area contributed by atoms with Crippen molar-refractivity contribution in [2.75, 3.05) is 6.54 Å². The highest BCUT2D eigenvalue weighted by atomic mass is 19.1. The molecule has 0 radical (unpaired) electrons. The van der Waals surface area contributed by atoms with E-state index in [-0.39, 0.29) is 17.6 Å². The molecule has 0 spiro atoms. The lowest BCUT2D eigenvalue weighted by Crippen LogP contribution is -2.41. The third kappa shape index (κ3) is 2.22. The van der Waals surface area contributed by atoms with Gasteiger partial charge in [0, 0.05) is 6.54 Å². The largest absolute Gasteiger partial charge is 0.355 e. The first-order valence-electron chi connectivity index (χ1n) is 7.94. The number of halogens is 1. The van der Waals surface area contributed by atoms with Gasteiger partial charge in [-0.05, 0) is 37.3 Å². The van der Waals surface area contributed by atoms with Crippen LogP contribution in [0.25, 0.3) is 11.5 Å². The van der Waals surface area contributed by atoms with E-state index in [2.05, 4.69) is 20.4 Å².